The van der Waals surface area contributed by atoms with Gasteiger partial charge in [0, 0.05) is 17.5 Å². The number of hydrogen-bond donors (Lipinski definition) is 3. The summed E-state index contributed by atoms with van der Waals surface area (Å²) in [4.78, 5) is 12.7. The number of carbonyl (C=O) groups excluding carboxylic acids is 1. The van der Waals surface area contributed by atoms with Gasteiger partial charge in [0.1, 0.15) is 11.6 Å². The summed E-state index contributed by atoms with van der Waals surface area (Å²) in [5.41, 5.74) is 0.297. The van der Waals surface area contributed by atoms with Crippen LogP contribution in [0.1, 0.15) is 34.6 Å². The van der Waals surface area contributed by atoms with Crippen molar-refractivity contribution in [3.63, 3.8) is 0 Å². The molecule has 0 radical (unpaired) electrons. The Hall–Kier alpha value is -3.60. The highest BCUT2D eigenvalue weighted by atomic mass is 35.5. The molecule has 180 valence electrons. The number of benzene rings is 2. The van der Waals surface area contributed by atoms with Gasteiger partial charge in [-0.1, -0.05) is 17.7 Å². The SMILES string of the molecule is COc1ccc([C@H]2C[C@H](C(F)(F)F)n3nc(C(=O)Nc4cc(Cl)ccc4O)cc3N2)cc1OC. The molecule has 4 rings (SSSR count). The van der Waals surface area contributed by atoms with E-state index in [1.807, 2.05) is 0 Å². The van der Waals surface area contributed by atoms with Crippen LogP contribution >= 0.6 is 11.6 Å². The van der Waals surface area contributed by atoms with Crippen LogP contribution in [-0.2, 0) is 0 Å². The first-order chi connectivity index (χ1) is 16.1. The molecule has 2 aromatic carbocycles. The third-order valence-corrected chi connectivity index (χ3v) is 5.67. The molecule has 1 aliphatic heterocycles. The molecular weight excluding hydrogens is 477 g/mol. The Morgan fingerprint density at radius 3 is 2.59 bits per heavy atom. The number of phenolic OH excluding ortho intramolecular Hbond substituents is 1. The van der Waals surface area contributed by atoms with Gasteiger partial charge >= 0.3 is 6.18 Å². The van der Waals surface area contributed by atoms with Crippen LogP contribution in [0.5, 0.6) is 17.2 Å². The van der Waals surface area contributed by atoms with Crippen molar-refractivity contribution in [1.29, 1.82) is 0 Å². The Balaban J connectivity index is 1.66. The summed E-state index contributed by atoms with van der Waals surface area (Å²) in [6.07, 6.45) is -4.97. The molecule has 1 amide bonds. The molecule has 3 aromatic rings. The molecule has 1 aliphatic rings. The lowest BCUT2D eigenvalue weighted by Gasteiger charge is -2.33. The maximum Gasteiger partial charge on any atom is 0.410 e. The van der Waals surface area contributed by atoms with Crippen molar-refractivity contribution in [3.05, 3.63) is 58.7 Å². The van der Waals surface area contributed by atoms with E-state index in [2.05, 4.69) is 15.7 Å². The van der Waals surface area contributed by atoms with Crippen molar-refractivity contribution >= 4 is 29.0 Å². The summed E-state index contributed by atoms with van der Waals surface area (Å²) in [5, 5.41) is 19.5. The van der Waals surface area contributed by atoms with Gasteiger partial charge in [-0.3, -0.25) is 4.79 Å². The van der Waals surface area contributed by atoms with E-state index in [1.54, 1.807) is 18.2 Å². The fraction of sp³-hybridized carbons (Fsp3) is 0.273. The van der Waals surface area contributed by atoms with Crippen LogP contribution in [-0.4, -0.2) is 41.2 Å². The maximum absolute atomic E-state index is 13.9. The van der Waals surface area contributed by atoms with Crippen molar-refractivity contribution in [1.82, 2.24) is 9.78 Å². The lowest BCUT2D eigenvalue weighted by Crippen LogP contribution is -2.35. The van der Waals surface area contributed by atoms with E-state index >= 15 is 0 Å². The van der Waals surface area contributed by atoms with Gasteiger partial charge in [-0.15, -0.1) is 0 Å². The van der Waals surface area contributed by atoms with Crippen molar-refractivity contribution in [2.75, 3.05) is 24.9 Å². The first-order valence-electron chi connectivity index (χ1n) is 10.0. The summed E-state index contributed by atoms with van der Waals surface area (Å²) in [5.74, 6) is -0.200. The summed E-state index contributed by atoms with van der Waals surface area (Å²) in [6.45, 7) is 0. The van der Waals surface area contributed by atoms with Gasteiger partial charge in [-0.2, -0.15) is 18.3 Å². The first kappa shape index (κ1) is 23.6. The summed E-state index contributed by atoms with van der Waals surface area (Å²) < 4.78 is 53.1. The van der Waals surface area contributed by atoms with Crippen LogP contribution in [0.2, 0.25) is 5.02 Å². The third kappa shape index (κ3) is 4.56. The van der Waals surface area contributed by atoms with Gasteiger partial charge in [-0.05, 0) is 35.9 Å². The Kier molecular flexibility index (Phi) is 6.22. The summed E-state index contributed by atoms with van der Waals surface area (Å²) in [7, 11) is 2.90. The standard InChI is InChI=1S/C22H20ClF3N4O4/c1-33-17-6-3-11(7-18(17)34-2)13-9-19(22(24,25)26)30-20(27-13)10-15(29-30)21(32)28-14-8-12(23)4-5-16(14)31/h3-8,10,13,19,27,31H,9H2,1-2H3,(H,28,32)/t13-,19-/m1/s1. The Morgan fingerprint density at radius 1 is 1.18 bits per heavy atom. The number of aromatic nitrogens is 2. The van der Waals surface area contributed by atoms with Crippen molar-refractivity contribution < 1.29 is 32.5 Å². The van der Waals surface area contributed by atoms with Crippen LogP contribution < -0.4 is 20.1 Å². The van der Waals surface area contributed by atoms with E-state index in [-0.39, 0.29) is 34.4 Å². The zero-order valence-corrected chi connectivity index (χ0v) is 18.7. The fourth-order valence-corrected chi connectivity index (χ4v) is 3.94. The fourth-order valence-electron chi connectivity index (χ4n) is 3.77. The van der Waals surface area contributed by atoms with Gasteiger partial charge in [0.25, 0.3) is 5.91 Å². The van der Waals surface area contributed by atoms with E-state index in [0.29, 0.717) is 17.1 Å². The molecule has 12 heteroatoms. The lowest BCUT2D eigenvalue weighted by molar-refractivity contribution is -0.173. The van der Waals surface area contributed by atoms with E-state index in [1.165, 1.54) is 38.5 Å². The largest absolute Gasteiger partial charge is 0.506 e. The molecule has 0 saturated heterocycles. The molecule has 0 aliphatic carbocycles. The number of fused-ring (bicyclic) bond motifs is 1. The Bertz CT molecular complexity index is 1230. The number of methoxy groups -OCH3 is 2. The number of phenols is 1. The molecule has 2 atom stereocenters. The lowest BCUT2D eigenvalue weighted by atomic mass is 9.96. The van der Waals surface area contributed by atoms with Gasteiger partial charge in [-0.25, -0.2) is 4.68 Å². The number of nitrogens with zero attached hydrogens (tertiary/aromatic N) is 2. The number of ether oxygens (including phenoxy) is 2. The normalized spacial score (nSPS) is 17.5. The number of alkyl halides is 3. The number of anilines is 2. The predicted octanol–water partition coefficient (Wildman–Crippen LogP) is 5.17. The molecule has 0 spiro atoms. The number of halogens is 4. The summed E-state index contributed by atoms with van der Waals surface area (Å²) >= 11 is 5.88. The molecule has 1 aromatic heterocycles. The van der Waals surface area contributed by atoms with E-state index in [0.717, 1.165) is 4.68 Å². The van der Waals surface area contributed by atoms with Gasteiger partial charge in [0.15, 0.2) is 23.2 Å². The number of aromatic hydroxyl groups is 1. The van der Waals surface area contributed by atoms with Crippen LogP contribution in [0.15, 0.2) is 42.5 Å². The highest BCUT2D eigenvalue weighted by Gasteiger charge is 2.47. The highest BCUT2D eigenvalue weighted by molar-refractivity contribution is 6.31. The second-order valence-electron chi connectivity index (χ2n) is 7.58. The quantitative estimate of drug-likeness (QED) is 0.421. The third-order valence-electron chi connectivity index (χ3n) is 5.44. The first-order valence-corrected chi connectivity index (χ1v) is 10.4. The van der Waals surface area contributed by atoms with Crippen LogP contribution in [0.4, 0.5) is 24.7 Å². The average Bonchev–Trinajstić information content (AvgIpc) is 3.24. The van der Waals surface area contributed by atoms with Crippen molar-refractivity contribution in [3.8, 4) is 17.2 Å². The highest BCUT2D eigenvalue weighted by Crippen LogP contribution is 2.44. The molecule has 0 fully saturated rings. The molecule has 0 saturated carbocycles. The molecule has 3 N–H and O–H groups in total. The Morgan fingerprint density at radius 2 is 1.91 bits per heavy atom. The number of amides is 1. The maximum atomic E-state index is 13.9. The van der Waals surface area contributed by atoms with Gasteiger partial charge in [0.2, 0.25) is 0 Å². The van der Waals surface area contributed by atoms with E-state index < -0.39 is 24.2 Å². The van der Waals surface area contributed by atoms with E-state index in [9.17, 15) is 23.1 Å². The zero-order valence-electron chi connectivity index (χ0n) is 18.0. The van der Waals surface area contributed by atoms with Crippen LogP contribution in [0, 0.1) is 0 Å². The van der Waals surface area contributed by atoms with Gasteiger partial charge in [0.05, 0.1) is 25.9 Å². The minimum atomic E-state index is -4.61. The minimum Gasteiger partial charge on any atom is -0.506 e. The van der Waals surface area contributed by atoms with Gasteiger partial charge < -0.3 is 25.2 Å². The topological polar surface area (TPSA) is 97.6 Å². The molecule has 8 nitrogen and oxygen atoms in total. The second-order valence-corrected chi connectivity index (χ2v) is 8.02. The molecule has 2 heterocycles. The van der Waals surface area contributed by atoms with E-state index in [4.69, 9.17) is 21.1 Å². The molecule has 34 heavy (non-hydrogen) atoms. The summed E-state index contributed by atoms with van der Waals surface area (Å²) in [6, 6.07) is 7.41. The predicted molar refractivity (Wildman–Crippen MR) is 119 cm³/mol. The number of rotatable bonds is 5. The average molecular weight is 497 g/mol. The smallest absolute Gasteiger partial charge is 0.410 e. The Labute approximate surface area is 197 Å². The van der Waals surface area contributed by atoms with Crippen molar-refractivity contribution in [2.45, 2.75) is 24.7 Å². The number of carbonyl (C=O) groups is 1. The monoisotopic (exact) mass is 496 g/mol. The zero-order chi connectivity index (χ0) is 24.6. The number of hydrogen-bond acceptors (Lipinski definition) is 6. The second kappa shape index (κ2) is 8.98. The molecule has 0 bridgehead atoms. The molecule has 0 unspecified atom stereocenters. The number of nitrogens with one attached hydrogen (secondary N) is 2. The minimum absolute atomic E-state index is 0.00649. The van der Waals surface area contributed by atoms with Crippen LogP contribution in [0.25, 0.3) is 0 Å². The van der Waals surface area contributed by atoms with Crippen molar-refractivity contribution in [2.24, 2.45) is 0 Å². The van der Waals surface area contributed by atoms with Crippen LogP contribution in [0.3, 0.4) is 0 Å². The molecular formula is C22H20ClF3N4O4.